The summed E-state index contributed by atoms with van der Waals surface area (Å²) in [7, 11) is 0. The molecule has 7 nitrogen and oxygen atoms in total. The Bertz CT molecular complexity index is 326. The first-order valence-electron chi connectivity index (χ1n) is 5.11. The van der Waals surface area contributed by atoms with E-state index in [9.17, 15) is 4.79 Å². The van der Waals surface area contributed by atoms with Crippen molar-refractivity contribution in [3.8, 4) is 0 Å². The van der Waals surface area contributed by atoms with Gasteiger partial charge in [-0.3, -0.25) is 9.48 Å². The maximum absolute atomic E-state index is 10.2. The number of hydrogen-bond acceptors (Lipinski definition) is 5. The Morgan fingerprint density at radius 3 is 3.00 bits per heavy atom. The van der Waals surface area contributed by atoms with Crippen molar-refractivity contribution in [3.05, 3.63) is 11.9 Å². The Labute approximate surface area is 93.2 Å². The molecule has 3 N–H and O–H groups in total. The lowest BCUT2D eigenvalue weighted by Gasteiger charge is -2.02. The molecule has 0 fully saturated rings. The van der Waals surface area contributed by atoms with Gasteiger partial charge in [-0.15, -0.1) is 5.10 Å². The molecule has 90 valence electrons. The van der Waals surface area contributed by atoms with Crippen LogP contribution in [0.4, 0.5) is 0 Å². The molecule has 0 aliphatic rings. The summed E-state index contributed by atoms with van der Waals surface area (Å²) in [5, 5.41) is 16.1. The molecule has 1 heterocycles. The van der Waals surface area contributed by atoms with E-state index in [2.05, 4.69) is 10.3 Å². The average Bonchev–Trinajstić information content (AvgIpc) is 2.70. The molecular formula is C9H16N4O3. The number of hydrogen-bond donors (Lipinski definition) is 2. The van der Waals surface area contributed by atoms with Crippen molar-refractivity contribution in [1.29, 1.82) is 0 Å². The fraction of sp³-hybridized carbons (Fsp3) is 0.667. The minimum Gasteiger partial charge on any atom is -0.481 e. The summed E-state index contributed by atoms with van der Waals surface area (Å²) in [5.41, 5.74) is 6.15. The molecule has 1 aromatic rings. The Hall–Kier alpha value is -1.47. The van der Waals surface area contributed by atoms with Gasteiger partial charge in [0.2, 0.25) is 0 Å². The molecule has 1 rings (SSSR count). The quantitative estimate of drug-likeness (QED) is 0.588. The van der Waals surface area contributed by atoms with Crippen LogP contribution in [0.2, 0.25) is 0 Å². The molecule has 0 atom stereocenters. The van der Waals surface area contributed by atoms with Gasteiger partial charge in [0.25, 0.3) is 0 Å². The van der Waals surface area contributed by atoms with Crippen molar-refractivity contribution in [2.45, 2.75) is 25.9 Å². The summed E-state index contributed by atoms with van der Waals surface area (Å²) in [4.78, 5) is 10.2. The summed E-state index contributed by atoms with van der Waals surface area (Å²) in [6.07, 6.45) is 2.60. The van der Waals surface area contributed by atoms with Gasteiger partial charge in [-0.05, 0) is 6.42 Å². The van der Waals surface area contributed by atoms with Crippen LogP contribution in [0.3, 0.4) is 0 Å². The topological polar surface area (TPSA) is 103 Å². The van der Waals surface area contributed by atoms with E-state index in [1.54, 1.807) is 10.9 Å². The maximum Gasteiger partial charge on any atom is 0.305 e. The summed E-state index contributed by atoms with van der Waals surface area (Å²) >= 11 is 0. The van der Waals surface area contributed by atoms with Crippen molar-refractivity contribution in [3.63, 3.8) is 0 Å². The molecule has 1 aromatic heterocycles. The predicted molar refractivity (Wildman–Crippen MR) is 55.6 cm³/mol. The second-order valence-electron chi connectivity index (χ2n) is 3.29. The number of nitrogens with zero attached hydrogens (tertiary/aromatic N) is 3. The standard InChI is InChI=1S/C9H16N4O3/c10-6-8-7-13(12-11-8)3-1-4-16-5-2-9(14)15/h7H,1-6,10H2,(H,14,15). The normalized spacial score (nSPS) is 10.6. The third kappa shape index (κ3) is 4.85. The molecule has 7 heteroatoms. The molecule has 16 heavy (non-hydrogen) atoms. The van der Waals surface area contributed by atoms with E-state index < -0.39 is 5.97 Å². The molecule has 0 saturated heterocycles. The lowest BCUT2D eigenvalue weighted by atomic mass is 10.4. The van der Waals surface area contributed by atoms with Crippen LogP contribution < -0.4 is 5.73 Å². The lowest BCUT2D eigenvalue weighted by Crippen LogP contribution is -2.06. The van der Waals surface area contributed by atoms with Gasteiger partial charge in [0.1, 0.15) is 0 Å². The van der Waals surface area contributed by atoms with Crippen LogP contribution in [0, 0.1) is 0 Å². The Morgan fingerprint density at radius 1 is 1.56 bits per heavy atom. The Morgan fingerprint density at radius 2 is 2.38 bits per heavy atom. The molecule has 0 aliphatic heterocycles. The van der Waals surface area contributed by atoms with Crippen LogP contribution in [-0.2, 0) is 22.6 Å². The van der Waals surface area contributed by atoms with E-state index >= 15 is 0 Å². The van der Waals surface area contributed by atoms with E-state index in [0.717, 1.165) is 12.1 Å². The monoisotopic (exact) mass is 228 g/mol. The number of ether oxygens (including phenoxy) is 1. The number of aliphatic carboxylic acids is 1. The van der Waals surface area contributed by atoms with Crippen LogP contribution in [0.1, 0.15) is 18.5 Å². The maximum atomic E-state index is 10.2. The molecular weight excluding hydrogens is 212 g/mol. The van der Waals surface area contributed by atoms with Crippen LogP contribution in [0.5, 0.6) is 0 Å². The molecule has 0 spiro atoms. The van der Waals surface area contributed by atoms with E-state index in [4.69, 9.17) is 15.6 Å². The van der Waals surface area contributed by atoms with Crippen molar-refractivity contribution in [1.82, 2.24) is 15.0 Å². The smallest absolute Gasteiger partial charge is 0.305 e. The van der Waals surface area contributed by atoms with Crippen molar-refractivity contribution < 1.29 is 14.6 Å². The van der Waals surface area contributed by atoms with E-state index in [0.29, 0.717) is 19.7 Å². The third-order valence-electron chi connectivity index (χ3n) is 1.93. The van der Waals surface area contributed by atoms with Gasteiger partial charge in [-0.25, -0.2) is 0 Å². The van der Waals surface area contributed by atoms with Gasteiger partial charge in [-0.1, -0.05) is 5.21 Å². The zero-order valence-electron chi connectivity index (χ0n) is 9.00. The molecule has 0 aromatic carbocycles. The van der Waals surface area contributed by atoms with Crippen molar-refractivity contribution >= 4 is 5.97 Å². The second kappa shape index (κ2) is 6.91. The van der Waals surface area contributed by atoms with Gasteiger partial charge in [0.15, 0.2) is 0 Å². The molecule has 0 amide bonds. The van der Waals surface area contributed by atoms with Crippen LogP contribution in [-0.4, -0.2) is 39.3 Å². The minimum atomic E-state index is -0.844. The van der Waals surface area contributed by atoms with E-state index in [1.165, 1.54) is 0 Å². The Balaban J connectivity index is 2.04. The van der Waals surface area contributed by atoms with Crippen LogP contribution in [0.25, 0.3) is 0 Å². The molecule has 0 saturated carbocycles. The number of carboxylic acid groups (broad SMARTS) is 1. The minimum absolute atomic E-state index is 0.0423. The van der Waals surface area contributed by atoms with Gasteiger partial charge in [-0.2, -0.15) is 0 Å². The highest BCUT2D eigenvalue weighted by Gasteiger charge is 1.99. The predicted octanol–water partition coefficient (Wildman–Crippen LogP) is -0.382. The van der Waals surface area contributed by atoms with E-state index in [-0.39, 0.29) is 13.0 Å². The van der Waals surface area contributed by atoms with Crippen LogP contribution in [0.15, 0.2) is 6.20 Å². The third-order valence-corrected chi connectivity index (χ3v) is 1.93. The first kappa shape index (κ1) is 12.6. The fourth-order valence-corrected chi connectivity index (χ4v) is 1.13. The Kier molecular flexibility index (Phi) is 5.44. The number of carboxylic acids is 1. The summed E-state index contributed by atoms with van der Waals surface area (Å²) in [6, 6.07) is 0. The molecule has 0 unspecified atom stereocenters. The number of rotatable bonds is 8. The SMILES string of the molecule is NCc1cn(CCCOCCC(=O)O)nn1. The highest BCUT2D eigenvalue weighted by atomic mass is 16.5. The first-order chi connectivity index (χ1) is 7.72. The number of aromatic nitrogens is 3. The largest absolute Gasteiger partial charge is 0.481 e. The zero-order valence-corrected chi connectivity index (χ0v) is 9.00. The van der Waals surface area contributed by atoms with Gasteiger partial charge in [0.05, 0.1) is 18.7 Å². The number of nitrogens with two attached hydrogens (primary N) is 1. The highest BCUT2D eigenvalue weighted by Crippen LogP contribution is 1.94. The van der Waals surface area contributed by atoms with Crippen molar-refractivity contribution in [2.75, 3.05) is 13.2 Å². The lowest BCUT2D eigenvalue weighted by molar-refractivity contribution is -0.138. The first-order valence-corrected chi connectivity index (χ1v) is 5.11. The molecule has 0 bridgehead atoms. The molecule has 0 aliphatic carbocycles. The fourth-order valence-electron chi connectivity index (χ4n) is 1.13. The molecule has 0 radical (unpaired) electrons. The number of aryl methyl sites for hydroxylation is 1. The van der Waals surface area contributed by atoms with Crippen LogP contribution >= 0.6 is 0 Å². The van der Waals surface area contributed by atoms with Gasteiger partial charge >= 0.3 is 5.97 Å². The summed E-state index contributed by atoms with van der Waals surface area (Å²) < 4.78 is 6.83. The summed E-state index contributed by atoms with van der Waals surface area (Å²) in [6.45, 7) is 1.85. The second-order valence-corrected chi connectivity index (χ2v) is 3.29. The zero-order chi connectivity index (χ0) is 11.8. The highest BCUT2D eigenvalue weighted by molar-refractivity contribution is 5.66. The van der Waals surface area contributed by atoms with Crippen molar-refractivity contribution in [2.24, 2.45) is 5.73 Å². The average molecular weight is 228 g/mol. The van der Waals surface area contributed by atoms with Gasteiger partial charge < -0.3 is 15.6 Å². The van der Waals surface area contributed by atoms with Gasteiger partial charge in [0, 0.05) is 25.9 Å². The van der Waals surface area contributed by atoms with E-state index in [1.807, 2.05) is 0 Å². The number of carbonyl (C=O) groups is 1. The summed E-state index contributed by atoms with van der Waals surface area (Å²) in [5.74, 6) is -0.844.